The molecule has 1 rings (SSSR count). The summed E-state index contributed by atoms with van der Waals surface area (Å²) in [4.78, 5) is 20.5. The van der Waals surface area contributed by atoms with Crippen molar-refractivity contribution in [2.75, 3.05) is 7.11 Å². The van der Waals surface area contributed by atoms with Gasteiger partial charge in [0, 0.05) is 13.1 Å². The summed E-state index contributed by atoms with van der Waals surface area (Å²) in [6.45, 7) is 0. The van der Waals surface area contributed by atoms with E-state index >= 15 is 0 Å². The maximum absolute atomic E-state index is 11.1. The fraction of sp³-hybridized carbons (Fsp3) is 0.250. The highest BCUT2D eigenvalue weighted by atomic mass is 16.6. The number of hydrogen-bond acceptors (Lipinski definition) is 5. The molecule has 1 heterocycles. The van der Waals surface area contributed by atoms with Crippen LogP contribution < -0.4 is 0 Å². The molecule has 0 aliphatic heterocycles. The molecule has 80 valence electrons. The smallest absolute Gasteiger partial charge is 0.358 e. The van der Waals surface area contributed by atoms with Crippen LogP contribution in [0, 0.1) is 10.1 Å². The normalized spacial score (nSPS) is 10.5. The molecule has 0 atom stereocenters. The third-order valence-corrected chi connectivity index (χ3v) is 1.68. The summed E-state index contributed by atoms with van der Waals surface area (Å²) in [6, 6.07) is 1.41. The Kier molecular flexibility index (Phi) is 3.17. The van der Waals surface area contributed by atoms with Gasteiger partial charge >= 0.3 is 5.97 Å². The van der Waals surface area contributed by atoms with Crippen molar-refractivity contribution < 1.29 is 14.5 Å². The monoisotopic (exact) mass is 211 g/mol. The van der Waals surface area contributed by atoms with Crippen molar-refractivity contribution in [2.24, 2.45) is 7.05 Å². The van der Waals surface area contributed by atoms with Gasteiger partial charge in [-0.05, 0) is 6.07 Å². The minimum absolute atomic E-state index is 0.114. The quantitative estimate of drug-likeness (QED) is 0.411. The maximum atomic E-state index is 11.1. The second-order valence-electron chi connectivity index (χ2n) is 2.67. The van der Waals surface area contributed by atoms with Gasteiger partial charge in [-0.1, -0.05) is 0 Å². The Labute approximate surface area is 85.1 Å². The van der Waals surface area contributed by atoms with Gasteiger partial charge in [-0.2, -0.15) is 5.10 Å². The number of methoxy groups -OCH3 is 1. The lowest BCUT2D eigenvalue weighted by Gasteiger charge is -1.91. The zero-order chi connectivity index (χ0) is 11.4. The molecule has 7 nitrogen and oxygen atoms in total. The largest absolute Gasteiger partial charge is 0.464 e. The first-order valence-corrected chi connectivity index (χ1v) is 3.98. The molecular formula is C8H9N3O4. The molecule has 0 fully saturated rings. The van der Waals surface area contributed by atoms with Crippen LogP contribution in [0.1, 0.15) is 16.2 Å². The molecule has 0 aliphatic carbocycles. The molecule has 0 aliphatic rings. The van der Waals surface area contributed by atoms with Crippen LogP contribution in [0.4, 0.5) is 0 Å². The van der Waals surface area contributed by atoms with E-state index in [9.17, 15) is 14.9 Å². The van der Waals surface area contributed by atoms with E-state index in [-0.39, 0.29) is 5.69 Å². The van der Waals surface area contributed by atoms with Gasteiger partial charge < -0.3 is 4.74 Å². The number of ether oxygens (including phenoxy) is 1. The van der Waals surface area contributed by atoms with Crippen LogP contribution in [0.25, 0.3) is 6.08 Å². The Morgan fingerprint density at radius 2 is 2.40 bits per heavy atom. The summed E-state index contributed by atoms with van der Waals surface area (Å²) in [5.41, 5.74) is 0.565. The van der Waals surface area contributed by atoms with E-state index in [0.717, 1.165) is 6.20 Å². The van der Waals surface area contributed by atoms with E-state index in [4.69, 9.17) is 0 Å². The summed E-state index contributed by atoms with van der Waals surface area (Å²) in [6.07, 6.45) is 2.03. The lowest BCUT2D eigenvalue weighted by Crippen LogP contribution is -2.02. The van der Waals surface area contributed by atoms with Gasteiger partial charge in [0.05, 0.1) is 17.7 Å². The molecule has 1 aromatic rings. The predicted molar refractivity (Wildman–Crippen MR) is 50.6 cm³/mol. The number of carbonyl (C=O) groups excluding carboxylic acids is 1. The Morgan fingerprint density at radius 3 is 2.93 bits per heavy atom. The van der Waals surface area contributed by atoms with Crippen LogP contribution in [0.3, 0.4) is 0 Å². The van der Waals surface area contributed by atoms with Crippen LogP contribution in [0.15, 0.2) is 12.3 Å². The minimum Gasteiger partial charge on any atom is -0.464 e. The van der Waals surface area contributed by atoms with Crippen molar-refractivity contribution in [3.8, 4) is 0 Å². The first-order valence-electron chi connectivity index (χ1n) is 3.98. The average molecular weight is 211 g/mol. The minimum atomic E-state index is -0.592. The molecule has 0 aromatic carbocycles. The molecule has 0 spiro atoms. The Bertz CT molecular complexity index is 422. The zero-order valence-electron chi connectivity index (χ0n) is 8.21. The summed E-state index contributed by atoms with van der Waals surface area (Å²) in [7, 11) is 2.82. The summed E-state index contributed by atoms with van der Waals surface area (Å²) < 4.78 is 5.81. The molecule has 0 unspecified atom stereocenters. The van der Waals surface area contributed by atoms with Gasteiger partial charge in [0.15, 0.2) is 5.69 Å². The molecule has 1 aromatic heterocycles. The van der Waals surface area contributed by atoms with Crippen LogP contribution in [-0.2, 0) is 11.8 Å². The number of aromatic nitrogens is 2. The number of hydrogen-bond donors (Lipinski definition) is 0. The van der Waals surface area contributed by atoms with Gasteiger partial charge in [-0.15, -0.1) is 0 Å². The fourth-order valence-electron chi connectivity index (χ4n) is 0.979. The molecule has 0 amide bonds. The van der Waals surface area contributed by atoms with E-state index in [1.807, 2.05) is 0 Å². The first-order chi connectivity index (χ1) is 7.04. The van der Waals surface area contributed by atoms with E-state index < -0.39 is 10.9 Å². The second kappa shape index (κ2) is 4.36. The van der Waals surface area contributed by atoms with Crippen molar-refractivity contribution in [1.82, 2.24) is 9.78 Å². The van der Waals surface area contributed by atoms with Crippen LogP contribution in [-0.4, -0.2) is 27.8 Å². The van der Waals surface area contributed by atoms with Crippen molar-refractivity contribution >= 4 is 12.0 Å². The van der Waals surface area contributed by atoms with Gasteiger partial charge in [-0.3, -0.25) is 14.8 Å². The van der Waals surface area contributed by atoms with E-state index in [1.165, 1.54) is 23.9 Å². The second-order valence-corrected chi connectivity index (χ2v) is 2.67. The van der Waals surface area contributed by atoms with Crippen molar-refractivity contribution in [1.29, 1.82) is 0 Å². The van der Waals surface area contributed by atoms with Gasteiger partial charge in [0.1, 0.15) is 0 Å². The Morgan fingerprint density at radius 1 is 1.73 bits per heavy atom. The molecule has 0 saturated carbocycles. The summed E-state index contributed by atoms with van der Waals surface area (Å²) in [5, 5.41) is 13.9. The van der Waals surface area contributed by atoms with Crippen LogP contribution >= 0.6 is 0 Å². The lowest BCUT2D eigenvalue weighted by molar-refractivity contribution is -0.401. The predicted octanol–water partition coefficient (Wildman–Crippen LogP) is 0.454. The SMILES string of the molecule is COC(=O)c1cc(/C=C/[N+](=O)[O-])n(C)n1. The van der Waals surface area contributed by atoms with Gasteiger partial charge in [0.2, 0.25) is 6.20 Å². The Hall–Kier alpha value is -2.18. The number of esters is 1. The third kappa shape index (κ3) is 2.63. The summed E-state index contributed by atoms with van der Waals surface area (Å²) >= 11 is 0. The molecule has 15 heavy (non-hydrogen) atoms. The number of rotatable bonds is 3. The molecule has 7 heteroatoms. The highest BCUT2D eigenvalue weighted by Crippen LogP contribution is 2.06. The topological polar surface area (TPSA) is 87.3 Å². The molecule has 0 bridgehead atoms. The molecular weight excluding hydrogens is 202 g/mol. The Balaban J connectivity index is 2.96. The third-order valence-electron chi connectivity index (χ3n) is 1.68. The first kappa shape index (κ1) is 10.9. The highest BCUT2D eigenvalue weighted by Gasteiger charge is 2.11. The van der Waals surface area contributed by atoms with Gasteiger partial charge in [0.25, 0.3) is 0 Å². The number of nitro groups is 1. The van der Waals surface area contributed by atoms with Crippen LogP contribution in [0.2, 0.25) is 0 Å². The van der Waals surface area contributed by atoms with E-state index in [0.29, 0.717) is 5.69 Å². The molecule has 0 N–H and O–H groups in total. The van der Waals surface area contributed by atoms with Crippen molar-refractivity contribution in [3.63, 3.8) is 0 Å². The molecule has 0 saturated heterocycles. The number of nitrogens with zero attached hydrogens (tertiary/aromatic N) is 3. The maximum Gasteiger partial charge on any atom is 0.358 e. The number of carbonyl (C=O) groups is 1. The lowest BCUT2D eigenvalue weighted by atomic mass is 10.3. The number of aryl methyl sites for hydroxylation is 1. The molecule has 0 radical (unpaired) electrons. The van der Waals surface area contributed by atoms with Crippen molar-refractivity contribution in [2.45, 2.75) is 0 Å². The van der Waals surface area contributed by atoms with Gasteiger partial charge in [-0.25, -0.2) is 4.79 Å². The van der Waals surface area contributed by atoms with Crippen LogP contribution in [0.5, 0.6) is 0 Å². The zero-order valence-corrected chi connectivity index (χ0v) is 8.21. The highest BCUT2D eigenvalue weighted by molar-refractivity contribution is 5.87. The van der Waals surface area contributed by atoms with E-state index in [2.05, 4.69) is 9.84 Å². The standard InChI is InChI=1S/C8H9N3O4/c1-10-6(3-4-11(13)14)5-7(9-10)8(12)15-2/h3-5H,1-2H3/b4-3+. The summed E-state index contributed by atoms with van der Waals surface area (Å²) in [5.74, 6) is -0.577. The van der Waals surface area contributed by atoms with E-state index in [1.54, 1.807) is 7.05 Å². The van der Waals surface area contributed by atoms with Crippen molar-refractivity contribution in [3.05, 3.63) is 33.8 Å². The average Bonchev–Trinajstić information content (AvgIpc) is 2.55. The fourth-order valence-corrected chi connectivity index (χ4v) is 0.979.